The number of nitrogens with zero attached hydrogens (tertiary/aromatic N) is 1. The van der Waals surface area contributed by atoms with Crippen LogP contribution in [0.3, 0.4) is 0 Å². The summed E-state index contributed by atoms with van der Waals surface area (Å²) >= 11 is 1.55. The van der Waals surface area contributed by atoms with Crippen LogP contribution in [0.15, 0.2) is 36.4 Å². The predicted molar refractivity (Wildman–Crippen MR) is 79.5 cm³/mol. The van der Waals surface area contributed by atoms with E-state index in [9.17, 15) is 4.39 Å². The lowest BCUT2D eigenvalue weighted by Crippen LogP contribution is -2.07. The molecule has 0 saturated carbocycles. The molecule has 2 aromatic rings. The second-order valence-electron chi connectivity index (χ2n) is 4.71. The summed E-state index contributed by atoms with van der Waals surface area (Å²) in [5.41, 5.74) is 6.84. The molecule has 0 radical (unpaired) electrons. The topological polar surface area (TPSA) is 38.9 Å². The summed E-state index contributed by atoms with van der Waals surface area (Å²) in [6, 6.07) is 7.60. The molecule has 2 N–H and O–H groups in total. The molecule has 2 nitrogen and oxygen atoms in total. The van der Waals surface area contributed by atoms with Crippen LogP contribution in [0.25, 0.3) is 22.7 Å². The van der Waals surface area contributed by atoms with Crippen molar-refractivity contribution >= 4 is 29.2 Å². The van der Waals surface area contributed by atoms with Gasteiger partial charge in [-0.25, -0.2) is 9.37 Å². The van der Waals surface area contributed by atoms with Crippen molar-refractivity contribution in [3.63, 3.8) is 0 Å². The Morgan fingerprint density at radius 3 is 2.58 bits per heavy atom. The van der Waals surface area contributed by atoms with Gasteiger partial charge in [-0.3, -0.25) is 0 Å². The first-order valence-electron chi connectivity index (χ1n) is 5.98. The van der Waals surface area contributed by atoms with Crippen molar-refractivity contribution in [2.45, 2.75) is 12.6 Å². The highest BCUT2D eigenvalue weighted by atomic mass is 32.1. The number of fused-ring (bicyclic) bond motifs is 1. The van der Waals surface area contributed by atoms with Gasteiger partial charge in [0.05, 0.1) is 10.6 Å². The van der Waals surface area contributed by atoms with Crippen molar-refractivity contribution in [3.05, 3.63) is 47.0 Å². The van der Waals surface area contributed by atoms with Gasteiger partial charge < -0.3 is 5.73 Å². The van der Waals surface area contributed by atoms with Gasteiger partial charge in [-0.05, 0) is 55.5 Å². The minimum atomic E-state index is -1.40. The van der Waals surface area contributed by atoms with E-state index in [1.807, 2.05) is 24.3 Å². The van der Waals surface area contributed by atoms with Crippen LogP contribution in [0.1, 0.15) is 17.5 Å². The Morgan fingerprint density at radius 1 is 1.16 bits per heavy atom. The summed E-state index contributed by atoms with van der Waals surface area (Å²) < 4.78 is 13.8. The number of benzene rings is 1. The molecule has 0 saturated heterocycles. The zero-order chi connectivity index (χ0) is 13.5. The van der Waals surface area contributed by atoms with E-state index in [-0.39, 0.29) is 0 Å². The number of rotatable bonds is 1. The second kappa shape index (κ2) is 4.31. The van der Waals surface area contributed by atoms with Gasteiger partial charge in [-0.2, -0.15) is 0 Å². The Balaban J connectivity index is 2.02. The molecule has 0 bridgehead atoms. The van der Waals surface area contributed by atoms with Gasteiger partial charge in [0.25, 0.3) is 0 Å². The first-order chi connectivity index (χ1) is 9.03. The van der Waals surface area contributed by atoms with Crippen molar-refractivity contribution in [3.8, 4) is 10.6 Å². The third kappa shape index (κ3) is 2.44. The molecular weight excluding hydrogens is 259 g/mol. The van der Waals surface area contributed by atoms with Gasteiger partial charge in [0.1, 0.15) is 10.7 Å². The number of hydrogen-bond donors (Lipinski definition) is 1. The van der Waals surface area contributed by atoms with Crippen LogP contribution >= 0.6 is 11.3 Å². The highest BCUT2D eigenvalue weighted by molar-refractivity contribution is 7.16. The summed E-state index contributed by atoms with van der Waals surface area (Å²) in [5.74, 6) is 0. The number of nitrogen functional groups attached to an aromatic ring is 1. The van der Waals surface area contributed by atoms with Crippen molar-refractivity contribution in [1.82, 2.24) is 4.98 Å². The molecular formula is C15H13FN2S. The largest absolute Gasteiger partial charge is 0.399 e. The molecule has 19 heavy (non-hydrogen) atoms. The lowest BCUT2D eigenvalue weighted by molar-refractivity contribution is 0.331. The number of allylic oxidation sites excluding steroid dienone is 2. The minimum absolute atomic E-state index is 0.731. The highest BCUT2D eigenvalue weighted by Gasteiger charge is 2.19. The van der Waals surface area contributed by atoms with Crippen molar-refractivity contribution in [1.29, 1.82) is 0 Å². The van der Waals surface area contributed by atoms with E-state index in [1.165, 1.54) is 13.0 Å². The minimum Gasteiger partial charge on any atom is -0.399 e. The number of thiazole rings is 1. The summed E-state index contributed by atoms with van der Waals surface area (Å²) in [6.45, 7) is 1.53. The summed E-state index contributed by atoms with van der Waals surface area (Å²) in [5, 5.41) is 0.918. The van der Waals surface area contributed by atoms with E-state index in [0.29, 0.717) is 0 Å². The normalized spacial score (nSPS) is 21.2. The Morgan fingerprint density at radius 2 is 1.84 bits per heavy atom. The molecule has 3 rings (SSSR count). The fourth-order valence-electron chi connectivity index (χ4n) is 1.87. The van der Waals surface area contributed by atoms with E-state index in [1.54, 1.807) is 29.6 Å². The number of halogens is 1. The zero-order valence-electron chi connectivity index (χ0n) is 10.4. The Labute approximate surface area is 115 Å². The Bertz CT molecular complexity index is 632. The number of nitrogens with two attached hydrogens (primary N) is 1. The zero-order valence-corrected chi connectivity index (χ0v) is 11.2. The lowest BCUT2D eigenvalue weighted by atomic mass is 10.1. The molecule has 96 valence electrons. The lowest BCUT2D eigenvalue weighted by Gasteiger charge is -2.06. The molecule has 0 amide bonds. The van der Waals surface area contributed by atoms with Gasteiger partial charge >= 0.3 is 0 Å². The van der Waals surface area contributed by atoms with Gasteiger partial charge in [0, 0.05) is 11.3 Å². The third-order valence-corrected chi connectivity index (χ3v) is 4.05. The smallest absolute Gasteiger partial charge is 0.145 e. The molecule has 1 heterocycles. The van der Waals surface area contributed by atoms with Crippen LogP contribution in [0.4, 0.5) is 10.1 Å². The fraction of sp³-hybridized carbons (Fsp3) is 0.133. The third-order valence-electron chi connectivity index (χ3n) is 2.97. The van der Waals surface area contributed by atoms with Crippen LogP contribution in [0, 0.1) is 0 Å². The Hall–Kier alpha value is -1.94. The van der Waals surface area contributed by atoms with E-state index >= 15 is 0 Å². The maximum atomic E-state index is 13.8. The maximum Gasteiger partial charge on any atom is 0.145 e. The van der Waals surface area contributed by atoms with Gasteiger partial charge in [0.2, 0.25) is 0 Å². The fourth-order valence-corrected chi connectivity index (χ4v) is 2.83. The van der Waals surface area contributed by atoms with Crippen LogP contribution in [-0.4, -0.2) is 10.7 Å². The second-order valence-corrected chi connectivity index (χ2v) is 5.74. The van der Waals surface area contributed by atoms with Crippen LogP contribution < -0.4 is 5.73 Å². The molecule has 0 aliphatic heterocycles. The molecule has 0 spiro atoms. The molecule has 1 aromatic carbocycles. The summed E-state index contributed by atoms with van der Waals surface area (Å²) in [4.78, 5) is 5.53. The maximum absolute atomic E-state index is 13.8. The summed E-state index contributed by atoms with van der Waals surface area (Å²) in [6.07, 6.45) is 6.63. The molecule has 1 aliphatic rings. The van der Waals surface area contributed by atoms with E-state index in [0.717, 1.165) is 26.8 Å². The van der Waals surface area contributed by atoms with Gasteiger partial charge in [-0.1, -0.05) is 0 Å². The van der Waals surface area contributed by atoms with Crippen molar-refractivity contribution < 1.29 is 4.39 Å². The van der Waals surface area contributed by atoms with Crippen LogP contribution in [-0.2, 0) is 0 Å². The average molecular weight is 272 g/mol. The molecule has 0 fully saturated rings. The average Bonchev–Trinajstić information content (AvgIpc) is 2.73. The quantitative estimate of drug-likeness (QED) is 0.792. The summed E-state index contributed by atoms with van der Waals surface area (Å²) in [7, 11) is 0. The van der Waals surface area contributed by atoms with Crippen molar-refractivity contribution in [2.24, 2.45) is 0 Å². The Kier molecular flexibility index (Phi) is 2.75. The number of hydrogen-bond acceptors (Lipinski definition) is 3. The van der Waals surface area contributed by atoms with Crippen LogP contribution in [0.2, 0.25) is 0 Å². The number of aromatic nitrogens is 1. The van der Waals surface area contributed by atoms with Crippen molar-refractivity contribution in [2.75, 3.05) is 5.73 Å². The molecule has 1 atom stereocenters. The number of alkyl halides is 1. The predicted octanol–water partition coefficient (Wildman–Crippen LogP) is 4.16. The molecule has 4 heteroatoms. The SMILES string of the molecule is CC1(F)C=Cc2nc(-c3ccc(N)cc3)sc2C=C1. The first kappa shape index (κ1) is 12.1. The first-order valence-corrected chi connectivity index (χ1v) is 6.79. The van der Waals surface area contributed by atoms with E-state index < -0.39 is 5.67 Å². The van der Waals surface area contributed by atoms with E-state index in [2.05, 4.69) is 4.98 Å². The highest BCUT2D eigenvalue weighted by Crippen LogP contribution is 2.33. The number of anilines is 1. The van der Waals surface area contributed by atoms with Crippen LogP contribution in [0.5, 0.6) is 0 Å². The van der Waals surface area contributed by atoms with Gasteiger partial charge in [0.15, 0.2) is 0 Å². The molecule has 1 unspecified atom stereocenters. The van der Waals surface area contributed by atoms with Gasteiger partial charge in [-0.15, -0.1) is 11.3 Å². The monoisotopic (exact) mass is 272 g/mol. The van der Waals surface area contributed by atoms with E-state index in [4.69, 9.17) is 5.73 Å². The molecule has 1 aromatic heterocycles. The standard InChI is InChI=1S/C15H13FN2S/c1-15(16)8-6-12-13(7-9-15)19-14(18-12)10-2-4-11(17)5-3-10/h2-9H,17H2,1H3. The molecule has 1 aliphatic carbocycles.